The van der Waals surface area contributed by atoms with Crippen LogP contribution in [0.1, 0.15) is 19.4 Å². The Balaban J connectivity index is 2.23. The van der Waals surface area contributed by atoms with Crippen molar-refractivity contribution in [3.05, 3.63) is 12.4 Å². The monoisotopic (exact) mass is 181 g/mol. The lowest BCUT2D eigenvalue weighted by Gasteiger charge is -2.17. The molecule has 0 bridgehead atoms. The number of hydrogen-bond donors (Lipinski definition) is 1. The van der Waals surface area contributed by atoms with Gasteiger partial charge in [0.25, 0.3) is 0 Å². The molecule has 72 valence electrons. The molecule has 0 radical (unpaired) electrons. The summed E-state index contributed by atoms with van der Waals surface area (Å²) in [4.78, 5) is 4.21. The van der Waals surface area contributed by atoms with E-state index < -0.39 is 0 Å². The fourth-order valence-corrected chi connectivity index (χ4v) is 1.86. The molecule has 2 rings (SSSR count). The molecule has 0 aliphatic carbocycles. The second kappa shape index (κ2) is 3.38. The van der Waals surface area contributed by atoms with Gasteiger partial charge in [0, 0.05) is 26.0 Å². The van der Waals surface area contributed by atoms with Crippen molar-refractivity contribution >= 4 is 5.95 Å². The molecule has 1 aromatic heterocycles. The molecule has 1 saturated heterocycles. The van der Waals surface area contributed by atoms with E-state index in [-0.39, 0.29) is 0 Å². The minimum Gasteiger partial charge on any atom is -0.376 e. The van der Waals surface area contributed by atoms with E-state index in [0.717, 1.165) is 19.0 Å². The van der Waals surface area contributed by atoms with E-state index in [0.29, 0.717) is 12.1 Å². The van der Waals surface area contributed by atoms with E-state index in [4.69, 9.17) is 4.74 Å². The van der Waals surface area contributed by atoms with E-state index in [1.54, 1.807) is 0 Å². The van der Waals surface area contributed by atoms with E-state index in [2.05, 4.69) is 21.8 Å². The number of rotatable bonds is 2. The lowest BCUT2D eigenvalue weighted by atomic mass is 10.1. The predicted molar refractivity (Wildman–Crippen MR) is 50.8 cm³/mol. The van der Waals surface area contributed by atoms with Crippen molar-refractivity contribution in [2.45, 2.75) is 25.5 Å². The van der Waals surface area contributed by atoms with Crippen molar-refractivity contribution in [2.24, 2.45) is 0 Å². The van der Waals surface area contributed by atoms with Gasteiger partial charge >= 0.3 is 0 Å². The number of anilines is 1. The number of nitrogens with one attached hydrogen (secondary N) is 1. The molecule has 0 spiro atoms. The van der Waals surface area contributed by atoms with Crippen LogP contribution in [0.15, 0.2) is 12.4 Å². The van der Waals surface area contributed by atoms with Gasteiger partial charge in [-0.05, 0) is 13.3 Å². The van der Waals surface area contributed by atoms with E-state index in [9.17, 15) is 0 Å². The molecule has 1 aliphatic rings. The first-order chi connectivity index (χ1) is 6.33. The third-order valence-corrected chi connectivity index (χ3v) is 2.59. The SMILES string of the molecule is CNc1nccn1C1CCOC1C. The Labute approximate surface area is 77.9 Å². The van der Waals surface area contributed by atoms with Gasteiger partial charge in [-0.2, -0.15) is 0 Å². The number of aromatic nitrogens is 2. The molecule has 2 atom stereocenters. The summed E-state index contributed by atoms with van der Waals surface area (Å²) in [5.74, 6) is 0.919. The van der Waals surface area contributed by atoms with Crippen LogP contribution < -0.4 is 5.32 Å². The molecular weight excluding hydrogens is 166 g/mol. The van der Waals surface area contributed by atoms with E-state index in [1.807, 2.05) is 19.4 Å². The Morgan fingerprint density at radius 2 is 2.54 bits per heavy atom. The Bertz CT molecular complexity index is 284. The summed E-state index contributed by atoms with van der Waals surface area (Å²) in [7, 11) is 1.89. The van der Waals surface area contributed by atoms with Gasteiger partial charge in [0.1, 0.15) is 0 Å². The van der Waals surface area contributed by atoms with Gasteiger partial charge in [0.15, 0.2) is 0 Å². The number of nitrogens with zero attached hydrogens (tertiary/aromatic N) is 2. The Morgan fingerprint density at radius 3 is 3.15 bits per heavy atom. The molecule has 2 heterocycles. The van der Waals surface area contributed by atoms with Gasteiger partial charge in [-0.1, -0.05) is 0 Å². The van der Waals surface area contributed by atoms with Crippen LogP contribution in [0.2, 0.25) is 0 Å². The van der Waals surface area contributed by atoms with Gasteiger partial charge in [-0.3, -0.25) is 0 Å². The van der Waals surface area contributed by atoms with Crippen molar-refractivity contribution in [1.29, 1.82) is 0 Å². The minimum atomic E-state index is 0.293. The largest absolute Gasteiger partial charge is 0.376 e. The predicted octanol–water partition coefficient (Wildman–Crippen LogP) is 1.27. The van der Waals surface area contributed by atoms with Gasteiger partial charge in [-0.25, -0.2) is 4.98 Å². The Kier molecular flexibility index (Phi) is 2.22. The van der Waals surface area contributed by atoms with Crippen molar-refractivity contribution in [3.8, 4) is 0 Å². The quantitative estimate of drug-likeness (QED) is 0.747. The zero-order valence-corrected chi connectivity index (χ0v) is 8.03. The fourth-order valence-electron chi connectivity index (χ4n) is 1.86. The van der Waals surface area contributed by atoms with Gasteiger partial charge < -0.3 is 14.6 Å². The molecule has 4 heteroatoms. The average molecular weight is 181 g/mol. The molecule has 1 aromatic rings. The van der Waals surface area contributed by atoms with Crippen molar-refractivity contribution in [1.82, 2.24) is 9.55 Å². The van der Waals surface area contributed by atoms with E-state index >= 15 is 0 Å². The van der Waals surface area contributed by atoms with Crippen LogP contribution in [0.25, 0.3) is 0 Å². The third-order valence-electron chi connectivity index (χ3n) is 2.59. The van der Waals surface area contributed by atoms with Crippen LogP contribution in [-0.2, 0) is 4.74 Å². The van der Waals surface area contributed by atoms with Crippen molar-refractivity contribution in [3.63, 3.8) is 0 Å². The maximum Gasteiger partial charge on any atom is 0.202 e. The van der Waals surface area contributed by atoms with Gasteiger partial charge in [0.2, 0.25) is 5.95 Å². The van der Waals surface area contributed by atoms with Crippen LogP contribution in [0.3, 0.4) is 0 Å². The molecule has 1 aliphatic heterocycles. The summed E-state index contributed by atoms with van der Waals surface area (Å²) in [5.41, 5.74) is 0. The summed E-state index contributed by atoms with van der Waals surface area (Å²) in [6.45, 7) is 2.96. The maximum atomic E-state index is 5.51. The highest BCUT2D eigenvalue weighted by atomic mass is 16.5. The van der Waals surface area contributed by atoms with Gasteiger partial charge in [0.05, 0.1) is 12.1 Å². The highest BCUT2D eigenvalue weighted by molar-refractivity contribution is 5.25. The molecule has 13 heavy (non-hydrogen) atoms. The first-order valence-electron chi connectivity index (χ1n) is 4.65. The standard InChI is InChI=1S/C9H15N3O/c1-7-8(3-6-13-7)12-5-4-11-9(12)10-2/h4-5,7-8H,3,6H2,1-2H3,(H,10,11). The normalized spacial score (nSPS) is 27.8. The smallest absolute Gasteiger partial charge is 0.202 e. The number of hydrogen-bond acceptors (Lipinski definition) is 3. The van der Waals surface area contributed by atoms with E-state index in [1.165, 1.54) is 0 Å². The molecule has 1 N–H and O–H groups in total. The molecule has 4 nitrogen and oxygen atoms in total. The van der Waals surface area contributed by atoms with Gasteiger partial charge in [-0.15, -0.1) is 0 Å². The number of ether oxygens (including phenoxy) is 1. The summed E-state index contributed by atoms with van der Waals surface area (Å²) in [6, 6.07) is 0.435. The van der Waals surface area contributed by atoms with Crippen LogP contribution in [-0.4, -0.2) is 29.3 Å². The molecular formula is C9H15N3O. The average Bonchev–Trinajstić information content (AvgIpc) is 2.71. The van der Waals surface area contributed by atoms with Crippen molar-refractivity contribution in [2.75, 3.05) is 19.0 Å². The number of imidazole rings is 1. The lowest BCUT2D eigenvalue weighted by Crippen LogP contribution is -2.17. The molecule has 2 unspecified atom stereocenters. The highest BCUT2D eigenvalue weighted by Crippen LogP contribution is 2.27. The first kappa shape index (κ1) is 8.56. The van der Waals surface area contributed by atoms with Crippen LogP contribution in [0, 0.1) is 0 Å². The molecule has 0 amide bonds. The fraction of sp³-hybridized carbons (Fsp3) is 0.667. The Hall–Kier alpha value is -1.03. The molecule has 1 fully saturated rings. The zero-order chi connectivity index (χ0) is 9.26. The molecule has 0 saturated carbocycles. The summed E-state index contributed by atoms with van der Waals surface area (Å²) in [6.07, 6.45) is 5.19. The highest BCUT2D eigenvalue weighted by Gasteiger charge is 2.26. The van der Waals surface area contributed by atoms with Crippen LogP contribution in [0.4, 0.5) is 5.95 Å². The lowest BCUT2D eigenvalue weighted by molar-refractivity contribution is 0.108. The topological polar surface area (TPSA) is 39.1 Å². The van der Waals surface area contributed by atoms with Crippen LogP contribution in [0.5, 0.6) is 0 Å². The van der Waals surface area contributed by atoms with Crippen LogP contribution >= 0.6 is 0 Å². The Morgan fingerprint density at radius 1 is 1.69 bits per heavy atom. The summed E-state index contributed by atoms with van der Waals surface area (Å²) < 4.78 is 7.66. The second-order valence-electron chi connectivity index (χ2n) is 3.34. The summed E-state index contributed by atoms with van der Waals surface area (Å²) in [5, 5.41) is 3.07. The zero-order valence-electron chi connectivity index (χ0n) is 8.03. The maximum absolute atomic E-state index is 5.51. The second-order valence-corrected chi connectivity index (χ2v) is 3.34. The minimum absolute atomic E-state index is 0.293. The first-order valence-corrected chi connectivity index (χ1v) is 4.65. The summed E-state index contributed by atoms with van der Waals surface area (Å²) >= 11 is 0. The van der Waals surface area contributed by atoms with Crippen molar-refractivity contribution < 1.29 is 4.74 Å². The third kappa shape index (κ3) is 1.42. The molecule has 0 aromatic carbocycles.